The standard InChI is InChI=1S/C18H16N4O/c1-12-10-17(22-18(20-12)13-6-8-19-9-7-13)21-15-11-23-16-5-3-2-4-14(15)16/h2-10,15H,11H2,1H3,(H,20,21,22)/t15-/m0/s1. The van der Waals surface area contributed by atoms with Crippen LogP contribution in [-0.2, 0) is 0 Å². The molecule has 3 aromatic rings. The molecular formula is C18H16N4O. The molecule has 0 unspecified atom stereocenters. The van der Waals surface area contributed by atoms with Gasteiger partial charge >= 0.3 is 0 Å². The monoisotopic (exact) mass is 304 g/mol. The van der Waals surface area contributed by atoms with Crippen LogP contribution in [0, 0.1) is 6.92 Å². The van der Waals surface area contributed by atoms with Gasteiger partial charge in [0.05, 0.1) is 6.04 Å². The number of anilines is 1. The van der Waals surface area contributed by atoms with Gasteiger partial charge in [-0.3, -0.25) is 4.98 Å². The topological polar surface area (TPSA) is 59.9 Å². The third-order valence-corrected chi connectivity index (χ3v) is 3.81. The minimum Gasteiger partial charge on any atom is -0.491 e. The van der Waals surface area contributed by atoms with Crippen LogP contribution in [0.4, 0.5) is 5.82 Å². The molecule has 0 saturated heterocycles. The summed E-state index contributed by atoms with van der Waals surface area (Å²) in [6.45, 7) is 2.57. The lowest BCUT2D eigenvalue weighted by Gasteiger charge is -2.13. The maximum Gasteiger partial charge on any atom is 0.161 e. The Hall–Kier alpha value is -2.95. The molecule has 114 valence electrons. The van der Waals surface area contributed by atoms with Crippen LogP contribution >= 0.6 is 0 Å². The van der Waals surface area contributed by atoms with Crippen molar-refractivity contribution in [1.82, 2.24) is 15.0 Å². The number of hydrogen-bond acceptors (Lipinski definition) is 5. The van der Waals surface area contributed by atoms with Crippen molar-refractivity contribution < 1.29 is 4.74 Å². The highest BCUT2D eigenvalue weighted by Crippen LogP contribution is 2.34. The first-order valence-corrected chi connectivity index (χ1v) is 7.54. The summed E-state index contributed by atoms with van der Waals surface area (Å²) >= 11 is 0. The molecule has 0 spiro atoms. The fraction of sp³-hybridized carbons (Fsp3) is 0.167. The van der Waals surface area contributed by atoms with Crippen molar-refractivity contribution in [3.8, 4) is 17.1 Å². The number of fused-ring (bicyclic) bond motifs is 1. The Balaban J connectivity index is 1.64. The van der Waals surface area contributed by atoms with Gasteiger partial charge in [0.25, 0.3) is 0 Å². The van der Waals surface area contributed by atoms with E-state index in [0.717, 1.165) is 28.4 Å². The maximum absolute atomic E-state index is 5.71. The van der Waals surface area contributed by atoms with Crippen LogP contribution in [0.15, 0.2) is 54.9 Å². The molecular weight excluding hydrogens is 288 g/mol. The molecule has 1 N–H and O–H groups in total. The normalized spacial score (nSPS) is 15.8. The van der Waals surface area contributed by atoms with Crippen molar-refractivity contribution >= 4 is 5.82 Å². The molecule has 5 heteroatoms. The number of benzene rings is 1. The molecule has 1 aromatic carbocycles. The zero-order chi connectivity index (χ0) is 15.6. The average Bonchev–Trinajstić information content (AvgIpc) is 2.98. The van der Waals surface area contributed by atoms with Crippen LogP contribution in [-0.4, -0.2) is 21.6 Å². The smallest absolute Gasteiger partial charge is 0.161 e. The summed E-state index contributed by atoms with van der Waals surface area (Å²) < 4.78 is 5.71. The Morgan fingerprint density at radius 3 is 2.78 bits per heavy atom. The number of para-hydroxylation sites is 1. The van der Waals surface area contributed by atoms with Gasteiger partial charge in [-0.15, -0.1) is 0 Å². The van der Waals surface area contributed by atoms with Gasteiger partial charge in [-0.1, -0.05) is 18.2 Å². The predicted octanol–water partition coefficient (Wildman–Crippen LogP) is 3.39. The molecule has 0 amide bonds. The number of aromatic nitrogens is 3. The Kier molecular flexibility index (Phi) is 3.38. The lowest BCUT2D eigenvalue weighted by Crippen LogP contribution is -2.13. The number of ether oxygens (including phenoxy) is 1. The summed E-state index contributed by atoms with van der Waals surface area (Å²) in [7, 11) is 0. The minimum absolute atomic E-state index is 0.103. The zero-order valence-electron chi connectivity index (χ0n) is 12.7. The Bertz CT molecular complexity index is 835. The molecule has 0 bridgehead atoms. The van der Waals surface area contributed by atoms with E-state index in [1.807, 2.05) is 43.3 Å². The second kappa shape index (κ2) is 5.68. The SMILES string of the molecule is Cc1cc(N[C@H]2COc3ccccc32)nc(-c2ccncc2)n1. The fourth-order valence-corrected chi connectivity index (χ4v) is 2.73. The lowest BCUT2D eigenvalue weighted by atomic mass is 10.1. The molecule has 1 aliphatic rings. The number of nitrogens with zero attached hydrogens (tertiary/aromatic N) is 3. The first-order chi connectivity index (χ1) is 11.3. The number of pyridine rings is 1. The summed E-state index contributed by atoms with van der Waals surface area (Å²) in [5, 5.41) is 3.46. The highest BCUT2D eigenvalue weighted by Gasteiger charge is 2.23. The van der Waals surface area contributed by atoms with Gasteiger partial charge in [-0.05, 0) is 25.1 Å². The van der Waals surface area contributed by atoms with Gasteiger partial charge in [0, 0.05) is 35.3 Å². The van der Waals surface area contributed by atoms with E-state index >= 15 is 0 Å². The number of hydrogen-bond donors (Lipinski definition) is 1. The van der Waals surface area contributed by atoms with Crippen molar-refractivity contribution in [1.29, 1.82) is 0 Å². The van der Waals surface area contributed by atoms with Crippen molar-refractivity contribution in [3.05, 3.63) is 66.1 Å². The Labute approximate surface area is 134 Å². The summed E-state index contributed by atoms with van der Waals surface area (Å²) in [5.41, 5.74) is 3.03. The first kappa shape index (κ1) is 13.7. The van der Waals surface area contributed by atoms with Gasteiger partial charge in [0.1, 0.15) is 18.2 Å². The number of rotatable bonds is 3. The van der Waals surface area contributed by atoms with Gasteiger partial charge in [0.2, 0.25) is 0 Å². The molecule has 2 aromatic heterocycles. The van der Waals surface area contributed by atoms with E-state index in [4.69, 9.17) is 4.74 Å². The average molecular weight is 304 g/mol. The zero-order valence-corrected chi connectivity index (χ0v) is 12.7. The van der Waals surface area contributed by atoms with Crippen molar-refractivity contribution in [2.45, 2.75) is 13.0 Å². The van der Waals surface area contributed by atoms with Gasteiger partial charge in [0.15, 0.2) is 5.82 Å². The molecule has 23 heavy (non-hydrogen) atoms. The summed E-state index contributed by atoms with van der Waals surface area (Å²) in [4.78, 5) is 13.2. The van der Waals surface area contributed by atoms with E-state index in [1.165, 1.54) is 0 Å². The largest absolute Gasteiger partial charge is 0.491 e. The highest BCUT2D eigenvalue weighted by molar-refractivity contribution is 5.57. The lowest BCUT2D eigenvalue weighted by molar-refractivity contribution is 0.339. The summed E-state index contributed by atoms with van der Waals surface area (Å²) in [6, 6.07) is 14.0. The Morgan fingerprint density at radius 2 is 1.91 bits per heavy atom. The van der Waals surface area contributed by atoms with E-state index in [-0.39, 0.29) is 6.04 Å². The van der Waals surface area contributed by atoms with Crippen LogP contribution in [0.5, 0.6) is 5.75 Å². The molecule has 0 aliphatic carbocycles. The molecule has 0 fully saturated rings. The Morgan fingerprint density at radius 1 is 1.09 bits per heavy atom. The molecule has 4 rings (SSSR count). The third kappa shape index (κ3) is 2.73. The van der Waals surface area contributed by atoms with Crippen molar-refractivity contribution in [3.63, 3.8) is 0 Å². The molecule has 5 nitrogen and oxygen atoms in total. The summed E-state index contributed by atoms with van der Waals surface area (Å²) in [6.07, 6.45) is 3.49. The van der Waals surface area contributed by atoms with Crippen LogP contribution in [0.2, 0.25) is 0 Å². The number of aryl methyl sites for hydroxylation is 1. The molecule has 0 radical (unpaired) electrons. The quantitative estimate of drug-likeness (QED) is 0.803. The maximum atomic E-state index is 5.71. The van der Waals surface area contributed by atoms with E-state index in [0.29, 0.717) is 12.4 Å². The summed E-state index contributed by atoms with van der Waals surface area (Å²) in [5.74, 6) is 2.43. The van der Waals surface area contributed by atoms with E-state index in [1.54, 1.807) is 12.4 Å². The second-order valence-electron chi connectivity index (χ2n) is 5.50. The van der Waals surface area contributed by atoms with E-state index in [2.05, 4.69) is 26.3 Å². The van der Waals surface area contributed by atoms with Gasteiger partial charge in [-0.2, -0.15) is 0 Å². The molecule has 0 saturated carbocycles. The predicted molar refractivity (Wildman–Crippen MR) is 88.3 cm³/mol. The van der Waals surface area contributed by atoms with Gasteiger partial charge in [-0.25, -0.2) is 9.97 Å². The molecule has 1 aliphatic heterocycles. The van der Waals surface area contributed by atoms with Crippen LogP contribution < -0.4 is 10.1 Å². The minimum atomic E-state index is 0.103. The van der Waals surface area contributed by atoms with Crippen LogP contribution in [0.3, 0.4) is 0 Å². The van der Waals surface area contributed by atoms with Crippen LogP contribution in [0.25, 0.3) is 11.4 Å². The van der Waals surface area contributed by atoms with Crippen LogP contribution in [0.1, 0.15) is 17.3 Å². The number of nitrogens with one attached hydrogen (secondary N) is 1. The van der Waals surface area contributed by atoms with E-state index in [9.17, 15) is 0 Å². The van der Waals surface area contributed by atoms with Crippen molar-refractivity contribution in [2.24, 2.45) is 0 Å². The first-order valence-electron chi connectivity index (χ1n) is 7.54. The van der Waals surface area contributed by atoms with Gasteiger partial charge < -0.3 is 10.1 Å². The third-order valence-electron chi connectivity index (χ3n) is 3.81. The highest BCUT2D eigenvalue weighted by atomic mass is 16.5. The fourth-order valence-electron chi connectivity index (χ4n) is 2.73. The second-order valence-corrected chi connectivity index (χ2v) is 5.50. The molecule has 1 atom stereocenters. The van der Waals surface area contributed by atoms with Crippen molar-refractivity contribution in [2.75, 3.05) is 11.9 Å². The van der Waals surface area contributed by atoms with E-state index < -0.39 is 0 Å². The molecule has 3 heterocycles.